The van der Waals surface area contributed by atoms with E-state index in [4.69, 9.17) is 18.5 Å². The molecule has 0 spiro atoms. The smallest absolute Gasteiger partial charge is 0.462 e. The minimum atomic E-state index is -4.37. The Morgan fingerprint density at radius 2 is 0.947 bits per heavy atom. The predicted molar refractivity (Wildman–Crippen MR) is 238 cm³/mol. The van der Waals surface area contributed by atoms with Gasteiger partial charge in [-0.25, -0.2) is 4.57 Å². The third-order valence-electron chi connectivity index (χ3n) is 10.2. The van der Waals surface area contributed by atoms with Crippen molar-refractivity contribution in [1.82, 2.24) is 0 Å². The van der Waals surface area contributed by atoms with Gasteiger partial charge in [-0.15, -0.1) is 0 Å². The SMILES string of the molecule is CCCCC/C=C\C/C=C\CCCCCCCCCC(=O)OC(COC(=O)CCCCCCCCCCCCCCCCCC)COP(=O)(O)OCC[N+](C)(C)C. The molecule has 0 aromatic carbocycles. The van der Waals surface area contributed by atoms with Crippen molar-refractivity contribution in [2.24, 2.45) is 0 Å². The Balaban J connectivity index is 4.31. The Morgan fingerprint density at radius 1 is 0.544 bits per heavy atom. The van der Waals surface area contributed by atoms with E-state index in [9.17, 15) is 19.0 Å². The second-order valence-electron chi connectivity index (χ2n) is 17.1. The molecule has 0 aromatic heterocycles. The molecule has 0 rings (SSSR count). The second kappa shape index (κ2) is 39.9. The number of ether oxygens (including phenoxy) is 2. The highest BCUT2D eigenvalue weighted by atomic mass is 31.2. The summed E-state index contributed by atoms with van der Waals surface area (Å²) >= 11 is 0. The predicted octanol–water partition coefficient (Wildman–Crippen LogP) is 13.5. The first-order valence-corrected chi connectivity index (χ1v) is 25.1. The number of phosphoric ester groups is 1. The Hall–Kier alpha value is -1.51. The molecule has 2 unspecified atom stereocenters. The van der Waals surface area contributed by atoms with Crippen LogP contribution in [-0.4, -0.2) is 74.9 Å². The van der Waals surface area contributed by atoms with Crippen molar-refractivity contribution in [2.75, 3.05) is 47.5 Å². The normalized spacial score (nSPS) is 13.7. The van der Waals surface area contributed by atoms with Crippen molar-refractivity contribution in [3.63, 3.8) is 0 Å². The molecule has 0 aliphatic carbocycles. The van der Waals surface area contributed by atoms with Gasteiger partial charge in [0.25, 0.3) is 0 Å². The van der Waals surface area contributed by atoms with Gasteiger partial charge in [0.1, 0.15) is 19.8 Å². The van der Waals surface area contributed by atoms with Crippen molar-refractivity contribution in [1.29, 1.82) is 0 Å². The maximum atomic E-state index is 12.7. The molecule has 1 N–H and O–H groups in total. The van der Waals surface area contributed by atoms with Gasteiger partial charge >= 0.3 is 19.8 Å². The molecular formula is C47H91NO8P+. The highest BCUT2D eigenvalue weighted by molar-refractivity contribution is 7.47. The van der Waals surface area contributed by atoms with Crippen LogP contribution in [0.4, 0.5) is 0 Å². The van der Waals surface area contributed by atoms with E-state index in [1.54, 1.807) is 0 Å². The molecule has 0 radical (unpaired) electrons. The summed E-state index contributed by atoms with van der Waals surface area (Å²) in [5, 5.41) is 0. The monoisotopic (exact) mass is 829 g/mol. The number of hydrogen-bond donors (Lipinski definition) is 1. The lowest BCUT2D eigenvalue weighted by atomic mass is 10.0. The van der Waals surface area contributed by atoms with Crippen molar-refractivity contribution in [2.45, 2.75) is 219 Å². The number of rotatable bonds is 43. The summed E-state index contributed by atoms with van der Waals surface area (Å²) in [7, 11) is 1.48. The Morgan fingerprint density at radius 3 is 1.42 bits per heavy atom. The van der Waals surface area contributed by atoms with Gasteiger partial charge in [-0.1, -0.05) is 179 Å². The summed E-state index contributed by atoms with van der Waals surface area (Å²) < 4.78 is 34.4. The molecule has 10 heteroatoms. The average molecular weight is 829 g/mol. The van der Waals surface area contributed by atoms with Gasteiger partial charge in [0.15, 0.2) is 6.10 Å². The average Bonchev–Trinajstić information content (AvgIpc) is 3.16. The summed E-state index contributed by atoms with van der Waals surface area (Å²) in [6, 6.07) is 0. The first-order valence-electron chi connectivity index (χ1n) is 23.6. The van der Waals surface area contributed by atoms with Gasteiger partial charge in [-0.3, -0.25) is 18.6 Å². The number of carbonyl (C=O) groups is 2. The van der Waals surface area contributed by atoms with Crippen molar-refractivity contribution < 1.29 is 42.1 Å². The van der Waals surface area contributed by atoms with E-state index in [0.717, 1.165) is 51.4 Å². The lowest BCUT2D eigenvalue weighted by Gasteiger charge is -2.24. The first-order chi connectivity index (χ1) is 27.5. The standard InChI is InChI=1S/C47H90NO8P/c1-6-8-10-12-14-16-18-20-22-24-26-28-30-32-34-36-38-40-47(50)56-45(44-55-57(51,52)54-42-41-48(3,4)5)43-53-46(49)39-37-35-33-31-29-27-25-23-21-19-17-15-13-11-9-7-2/h14,16,20,22,45H,6-13,15,17-19,21,23-44H2,1-5H3/p+1/b16-14-,22-20-. The van der Waals surface area contributed by atoms with Gasteiger partial charge in [0, 0.05) is 12.8 Å². The fraction of sp³-hybridized carbons (Fsp3) is 0.872. The maximum absolute atomic E-state index is 12.7. The minimum Gasteiger partial charge on any atom is -0.462 e. The summed E-state index contributed by atoms with van der Waals surface area (Å²) in [4.78, 5) is 35.4. The largest absolute Gasteiger partial charge is 0.472 e. The molecule has 336 valence electrons. The zero-order valence-electron chi connectivity index (χ0n) is 37.8. The number of quaternary nitrogens is 1. The Bertz CT molecular complexity index is 1030. The molecule has 0 amide bonds. The first kappa shape index (κ1) is 55.5. The number of carbonyl (C=O) groups excluding carboxylic acids is 2. The van der Waals surface area contributed by atoms with Gasteiger partial charge in [-0.2, -0.15) is 0 Å². The van der Waals surface area contributed by atoms with Crippen LogP contribution in [0.15, 0.2) is 24.3 Å². The van der Waals surface area contributed by atoms with E-state index < -0.39 is 26.5 Å². The number of phosphoric acid groups is 1. The molecule has 0 fully saturated rings. The number of allylic oxidation sites excluding steroid dienone is 4. The summed E-state index contributed by atoms with van der Waals surface area (Å²) in [6.07, 6.45) is 43.6. The lowest BCUT2D eigenvalue weighted by Crippen LogP contribution is -2.37. The zero-order chi connectivity index (χ0) is 42.1. The molecule has 0 aromatic rings. The molecule has 0 aliphatic rings. The van der Waals surface area contributed by atoms with Crippen LogP contribution in [0.25, 0.3) is 0 Å². The quantitative estimate of drug-likeness (QED) is 0.0213. The van der Waals surface area contributed by atoms with E-state index in [0.29, 0.717) is 23.9 Å². The highest BCUT2D eigenvalue weighted by Gasteiger charge is 2.27. The Labute approximate surface area is 351 Å². The number of esters is 2. The molecule has 57 heavy (non-hydrogen) atoms. The second-order valence-corrected chi connectivity index (χ2v) is 18.6. The van der Waals surface area contributed by atoms with Crippen LogP contribution in [0.3, 0.4) is 0 Å². The molecule has 9 nitrogen and oxygen atoms in total. The molecular weight excluding hydrogens is 737 g/mol. The molecule has 0 aliphatic heterocycles. The summed E-state index contributed by atoms with van der Waals surface area (Å²) in [5.74, 6) is -0.798. The molecule has 2 atom stereocenters. The molecule has 0 saturated carbocycles. The van der Waals surface area contributed by atoms with Gasteiger partial charge in [0.2, 0.25) is 0 Å². The van der Waals surface area contributed by atoms with E-state index in [2.05, 4.69) is 38.2 Å². The third kappa shape index (κ3) is 43.9. The third-order valence-corrected chi connectivity index (χ3v) is 11.2. The van der Waals surface area contributed by atoms with Crippen LogP contribution in [0.1, 0.15) is 213 Å². The maximum Gasteiger partial charge on any atom is 0.472 e. The van der Waals surface area contributed by atoms with Crippen LogP contribution in [0.2, 0.25) is 0 Å². The number of nitrogens with zero attached hydrogens (tertiary/aromatic N) is 1. The van der Waals surface area contributed by atoms with Gasteiger partial charge in [-0.05, 0) is 44.9 Å². The summed E-state index contributed by atoms with van der Waals surface area (Å²) in [6.45, 7) is 4.41. The van der Waals surface area contributed by atoms with Crippen LogP contribution in [-0.2, 0) is 32.7 Å². The highest BCUT2D eigenvalue weighted by Crippen LogP contribution is 2.43. The zero-order valence-corrected chi connectivity index (χ0v) is 38.7. The summed E-state index contributed by atoms with van der Waals surface area (Å²) in [5.41, 5.74) is 0. The van der Waals surface area contributed by atoms with Crippen molar-refractivity contribution in [3.05, 3.63) is 24.3 Å². The lowest BCUT2D eigenvalue weighted by molar-refractivity contribution is -0.870. The van der Waals surface area contributed by atoms with Gasteiger partial charge < -0.3 is 18.9 Å². The number of hydrogen-bond acceptors (Lipinski definition) is 7. The van der Waals surface area contributed by atoms with Gasteiger partial charge in [0.05, 0.1) is 27.7 Å². The van der Waals surface area contributed by atoms with Crippen molar-refractivity contribution >= 4 is 19.8 Å². The molecule has 0 saturated heterocycles. The van der Waals surface area contributed by atoms with Crippen LogP contribution in [0, 0.1) is 0 Å². The van der Waals surface area contributed by atoms with Crippen LogP contribution >= 0.6 is 7.82 Å². The topological polar surface area (TPSA) is 108 Å². The fourth-order valence-corrected chi connectivity index (χ4v) is 7.26. The number of unbranched alkanes of at least 4 members (excludes halogenated alkanes) is 25. The van der Waals surface area contributed by atoms with Crippen LogP contribution < -0.4 is 0 Å². The Kier molecular flexibility index (Phi) is 38.9. The fourth-order valence-electron chi connectivity index (χ4n) is 6.52. The van der Waals surface area contributed by atoms with E-state index in [1.165, 1.54) is 128 Å². The van der Waals surface area contributed by atoms with Crippen molar-refractivity contribution in [3.8, 4) is 0 Å². The molecule has 0 bridgehead atoms. The van der Waals surface area contributed by atoms with E-state index in [-0.39, 0.29) is 25.6 Å². The molecule has 0 heterocycles. The van der Waals surface area contributed by atoms with E-state index in [1.807, 2.05) is 21.1 Å². The van der Waals surface area contributed by atoms with Crippen LogP contribution in [0.5, 0.6) is 0 Å². The number of likely N-dealkylation sites (N-methyl/N-ethyl adjacent to an activating group) is 1. The van der Waals surface area contributed by atoms with E-state index >= 15 is 0 Å². The minimum absolute atomic E-state index is 0.0319.